The van der Waals surface area contributed by atoms with Gasteiger partial charge in [0.05, 0.1) is 18.7 Å². The largest absolute Gasteiger partial charge is 0.508 e. The van der Waals surface area contributed by atoms with Crippen LogP contribution >= 0.6 is 0 Å². The van der Waals surface area contributed by atoms with Crippen molar-refractivity contribution in [1.29, 1.82) is 0 Å². The van der Waals surface area contributed by atoms with Crippen LogP contribution in [0, 0.1) is 20.8 Å². The summed E-state index contributed by atoms with van der Waals surface area (Å²) in [4.78, 5) is 27.9. The number of hydrogen-bond donors (Lipinski definition) is 2. The molecule has 2 N–H and O–H groups in total. The molecule has 1 amide bonds. The van der Waals surface area contributed by atoms with Gasteiger partial charge in [0, 0.05) is 11.3 Å². The third-order valence-electron chi connectivity index (χ3n) is 5.93. The summed E-state index contributed by atoms with van der Waals surface area (Å²) in [5.74, 6) is -1.03. The molecular formula is C27H25NO5. The van der Waals surface area contributed by atoms with E-state index in [1.54, 1.807) is 43.5 Å². The van der Waals surface area contributed by atoms with Crippen molar-refractivity contribution in [1.82, 2.24) is 0 Å². The van der Waals surface area contributed by atoms with Crippen molar-refractivity contribution in [2.45, 2.75) is 26.8 Å². The van der Waals surface area contributed by atoms with Gasteiger partial charge in [-0.05, 0) is 73.9 Å². The summed E-state index contributed by atoms with van der Waals surface area (Å²) < 4.78 is 5.29. The molecule has 1 saturated heterocycles. The predicted octanol–water partition coefficient (Wildman–Crippen LogP) is 4.95. The van der Waals surface area contributed by atoms with E-state index in [2.05, 4.69) is 0 Å². The summed E-state index contributed by atoms with van der Waals surface area (Å²) in [6, 6.07) is 16.1. The van der Waals surface area contributed by atoms with E-state index in [1.807, 2.05) is 32.9 Å². The number of ketones is 1. The Morgan fingerprint density at radius 3 is 2.21 bits per heavy atom. The number of anilines is 1. The lowest BCUT2D eigenvalue weighted by Gasteiger charge is -2.27. The second-order valence-corrected chi connectivity index (χ2v) is 8.23. The molecule has 1 heterocycles. The monoisotopic (exact) mass is 443 g/mol. The lowest BCUT2D eigenvalue weighted by Crippen LogP contribution is -2.30. The first-order chi connectivity index (χ1) is 15.7. The molecule has 1 fully saturated rings. The molecule has 3 aromatic carbocycles. The minimum atomic E-state index is -0.852. The fraction of sp³-hybridized carbons (Fsp3) is 0.185. The second-order valence-electron chi connectivity index (χ2n) is 8.23. The van der Waals surface area contributed by atoms with Crippen molar-refractivity contribution in [2.24, 2.45) is 0 Å². The van der Waals surface area contributed by atoms with Crippen LogP contribution in [0.2, 0.25) is 0 Å². The predicted molar refractivity (Wildman–Crippen MR) is 127 cm³/mol. The molecule has 1 aliphatic heterocycles. The molecule has 0 spiro atoms. The third kappa shape index (κ3) is 3.84. The Kier molecular flexibility index (Phi) is 5.68. The molecule has 1 unspecified atom stereocenters. The number of ether oxygens (including phenoxy) is 1. The fourth-order valence-corrected chi connectivity index (χ4v) is 4.31. The molecule has 1 aliphatic rings. The average molecular weight is 443 g/mol. The first-order valence-electron chi connectivity index (χ1n) is 10.5. The average Bonchev–Trinajstić information content (AvgIpc) is 3.04. The second kappa shape index (κ2) is 8.47. The Bertz CT molecular complexity index is 1290. The molecule has 1 atom stereocenters. The summed E-state index contributed by atoms with van der Waals surface area (Å²) in [6.07, 6.45) is 0. The molecule has 0 aromatic heterocycles. The van der Waals surface area contributed by atoms with Gasteiger partial charge in [0.15, 0.2) is 0 Å². The third-order valence-corrected chi connectivity index (χ3v) is 5.93. The molecule has 0 saturated carbocycles. The van der Waals surface area contributed by atoms with Crippen LogP contribution < -0.4 is 9.64 Å². The van der Waals surface area contributed by atoms with Crippen molar-refractivity contribution in [3.8, 4) is 11.5 Å². The zero-order chi connectivity index (χ0) is 23.9. The van der Waals surface area contributed by atoms with Gasteiger partial charge in [-0.15, -0.1) is 0 Å². The fourth-order valence-electron chi connectivity index (χ4n) is 4.31. The molecule has 6 nitrogen and oxygen atoms in total. The summed E-state index contributed by atoms with van der Waals surface area (Å²) in [5, 5.41) is 21.0. The maximum absolute atomic E-state index is 13.3. The van der Waals surface area contributed by atoms with Crippen molar-refractivity contribution in [3.63, 3.8) is 0 Å². The number of phenolic OH excluding ortho intramolecular Hbond substituents is 1. The van der Waals surface area contributed by atoms with Crippen LogP contribution in [0.4, 0.5) is 5.69 Å². The quantitative estimate of drug-likeness (QED) is 0.338. The molecule has 0 bridgehead atoms. The topological polar surface area (TPSA) is 87.1 Å². The number of carbonyl (C=O) groups is 2. The number of carbonyl (C=O) groups excluding carboxylic acids is 2. The first-order valence-corrected chi connectivity index (χ1v) is 10.5. The number of amides is 1. The van der Waals surface area contributed by atoms with Crippen LogP contribution in [-0.4, -0.2) is 29.0 Å². The Morgan fingerprint density at radius 1 is 0.909 bits per heavy atom. The van der Waals surface area contributed by atoms with Crippen LogP contribution in [0.25, 0.3) is 5.76 Å². The molecule has 0 radical (unpaired) electrons. The van der Waals surface area contributed by atoms with E-state index in [-0.39, 0.29) is 17.1 Å². The first kappa shape index (κ1) is 22.1. The molecule has 33 heavy (non-hydrogen) atoms. The number of phenols is 1. The maximum Gasteiger partial charge on any atom is 0.300 e. The van der Waals surface area contributed by atoms with E-state index in [1.165, 1.54) is 17.0 Å². The van der Waals surface area contributed by atoms with E-state index in [9.17, 15) is 19.8 Å². The van der Waals surface area contributed by atoms with E-state index >= 15 is 0 Å². The number of aliphatic hydroxyl groups excluding tert-OH is 1. The van der Waals surface area contributed by atoms with Gasteiger partial charge in [-0.3, -0.25) is 14.5 Å². The Balaban J connectivity index is 1.96. The maximum atomic E-state index is 13.3. The Morgan fingerprint density at radius 2 is 1.61 bits per heavy atom. The number of aryl methyl sites for hydroxylation is 3. The molecule has 168 valence electrons. The van der Waals surface area contributed by atoms with Crippen LogP contribution in [0.15, 0.2) is 66.2 Å². The number of rotatable bonds is 4. The van der Waals surface area contributed by atoms with Gasteiger partial charge in [-0.1, -0.05) is 29.8 Å². The molecule has 4 rings (SSSR count). The highest BCUT2D eigenvalue weighted by molar-refractivity contribution is 6.51. The van der Waals surface area contributed by atoms with E-state index in [4.69, 9.17) is 4.74 Å². The zero-order valence-electron chi connectivity index (χ0n) is 18.9. The molecule has 6 heteroatoms. The number of aliphatic hydroxyl groups is 1. The normalized spacial score (nSPS) is 17.5. The standard InChI is InChI=1S/C27H25NO5/c1-15-5-11-21(16(2)13-15)28-24(18-6-9-20(29)10-7-18)23(26(31)27(28)32)25(30)19-8-12-22(33-4)17(3)14-19/h5-14,24,29-30H,1-4H3/b25-23+. The van der Waals surface area contributed by atoms with Gasteiger partial charge in [0.2, 0.25) is 0 Å². The van der Waals surface area contributed by atoms with Gasteiger partial charge < -0.3 is 14.9 Å². The van der Waals surface area contributed by atoms with Crippen LogP contribution in [0.5, 0.6) is 11.5 Å². The molecular weight excluding hydrogens is 418 g/mol. The minimum Gasteiger partial charge on any atom is -0.508 e. The van der Waals surface area contributed by atoms with Gasteiger partial charge in [0.1, 0.15) is 17.3 Å². The number of nitrogens with zero attached hydrogens (tertiary/aromatic N) is 1. The highest BCUT2D eigenvalue weighted by Crippen LogP contribution is 2.43. The number of benzene rings is 3. The van der Waals surface area contributed by atoms with E-state index < -0.39 is 17.7 Å². The number of methoxy groups -OCH3 is 1. The Labute approximate surface area is 192 Å². The molecule has 0 aliphatic carbocycles. The number of Topliss-reactive ketones (excluding diaryl/α,β-unsaturated/α-hetero) is 1. The Hall–Kier alpha value is -4.06. The zero-order valence-corrected chi connectivity index (χ0v) is 18.9. The minimum absolute atomic E-state index is 0.00442. The van der Waals surface area contributed by atoms with Crippen molar-refractivity contribution >= 4 is 23.1 Å². The summed E-state index contributed by atoms with van der Waals surface area (Å²) in [6.45, 7) is 5.66. The van der Waals surface area contributed by atoms with Crippen LogP contribution in [0.1, 0.15) is 33.9 Å². The van der Waals surface area contributed by atoms with Crippen LogP contribution in [-0.2, 0) is 9.59 Å². The highest BCUT2D eigenvalue weighted by Gasteiger charge is 2.47. The van der Waals surface area contributed by atoms with Crippen molar-refractivity contribution < 1.29 is 24.5 Å². The summed E-state index contributed by atoms with van der Waals surface area (Å²) >= 11 is 0. The summed E-state index contributed by atoms with van der Waals surface area (Å²) in [7, 11) is 1.56. The highest BCUT2D eigenvalue weighted by atomic mass is 16.5. The van der Waals surface area contributed by atoms with Gasteiger partial charge >= 0.3 is 0 Å². The molecule has 3 aromatic rings. The van der Waals surface area contributed by atoms with E-state index in [0.717, 1.165) is 16.7 Å². The van der Waals surface area contributed by atoms with Crippen molar-refractivity contribution in [3.05, 3.63) is 94.1 Å². The SMILES string of the molecule is COc1ccc(/C(O)=C2\C(=O)C(=O)N(c3ccc(C)cc3C)C2c2ccc(O)cc2)cc1C. The summed E-state index contributed by atoms with van der Waals surface area (Å²) in [5.41, 5.74) is 4.24. The van der Waals surface area contributed by atoms with Crippen LogP contribution in [0.3, 0.4) is 0 Å². The van der Waals surface area contributed by atoms with Crippen molar-refractivity contribution in [2.75, 3.05) is 12.0 Å². The van der Waals surface area contributed by atoms with Gasteiger partial charge in [-0.2, -0.15) is 0 Å². The smallest absolute Gasteiger partial charge is 0.300 e. The van der Waals surface area contributed by atoms with Gasteiger partial charge in [0.25, 0.3) is 11.7 Å². The van der Waals surface area contributed by atoms with Gasteiger partial charge in [-0.25, -0.2) is 0 Å². The number of aromatic hydroxyl groups is 1. The van der Waals surface area contributed by atoms with E-state index in [0.29, 0.717) is 22.6 Å². The number of hydrogen-bond acceptors (Lipinski definition) is 5. The lowest BCUT2D eigenvalue weighted by atomic mass is 9.94. The lowest BCUT2D eigenvalue weighted by molar-refractivity contribution is -0.132.